The van der Waals surface area contributed by atoms with Crippen molar-refractivity contribution in [3.63, 3.8) is 0 Å². The van der Waals surface area contributed by atoms with Gasteiger partial charge < -0.3 is 4.74 Å². The van der Waals surface area contributed by atoms with Crippen LogP contribution in [-0.2, 0) is 0 Å². The fourth-order valence-electron chi connectivity index (χ4n) is 4.69. The van der Waals surface area contributed by atoms with E-state index < -0.39 is 0 Å². The van der Waals surface area contributed by atoms with E-state index in [0.717, 1.165) is 23.5 Å². The summed E-state index contributed by atoms with van der Waals surface area (Å²) in [5, 5.41) is 2.42. The topological polar surface area (TPSA) is 22.1 Å². The van der Waals surface area contributed by atoms with E-state index in [-0.39, 0.29) is 0 Å². The van der Waals surface area contributed by atoms with E-state index in [1.165, 1.54) is 42.0 Å². The number of hydrogen-bond donors (Lipinski definition) is 0. The van der Waals surface area contributed by atoms with E-state index in [9.17, 15) is 0 Å². The first-order valence-corrected chi connectivity index (χ1v) is 8.98. The van der Waals surface area contributed by atoms with Crippen molar-refractivity contribution in [2.24, 2.45) is 11.8 Å². The summed E-state index contributed by atoms with van der Waals surface area (Å²) in [4.78, 5) is 4.50. The smallest absolute Gasteiger partial charge is 0.219 e. The molecule has 0 aliphatic heterocycles. The fraction of sp³-hybridized carbons (Fsp3) is 0.318. The molecule has 24 heavy (non-hydrogen) atoms. The average Bonchev–Trinajstić information content (AvgIpc) is 3.25. The van der Waals surface area contributed by atoms with Crippen molar-refractivity contribution in [1.29, 1.82) is 0 Å². The third-order valence-corrected chi connectivity index (χ3v) is 5.85. The van der Waals surface area contributed by atoms with Gasteiger partial charge in [-0.1, -0.05) is 36.8 Å². The lowest BCUT2D eigenvalue weighted by Crippen LogP contribution is -2.08. The molecule has 0 radical (unpaired) electrons. The van der Waals surface area contributed by atoms with Crippen molar-refractivity contribution >= 4 is 10.8 Å². The normalized spacial score (nSPS) is 25.2. The van der Waals surface area contributed by atoms with Crippen LogP contribution in [0.2, 0.25) is 0 Å². The minimum atomic E-state index is 0.654. The van der Waals surface area contributed by atoms with Crippen LogP contribution < -0.4 is 4.74 Å². The number of rotatable bonds is 3. The summed E-state index contributed by atoms with van der Waals surface area (Å²) in [6.45, 7) is 0. The molecule has 3 aromatic rings. The summed E-state index contributed by atoms with van der Waals surface area (Å²) in [6, 6.07) is 18.8. The summed E-state index contributed by atoms with van der Waals surface area (Å²) in [6.07, 6.45) is 7.67. The van der Waals surface area contributed by atoms with Gasteiger partial charge in [0.05, 0.1) is 0 Å². The summed E-state index contributed by atoms with van der Waals surface area (Å²) >= 11 is 0. The van der Waals surface area contributed by atoms with Gasteiger partial charge in [-0.2, -0.15) is 0 Å². The Bertz CT molecular complexity index is 874. The summed E-state index contributed by atoms with van der Waals surface area (Å²) in [7, 11) is 0. The molecule has 2 aromatic carbocycles. The second-order valence-corrected chi connectivity index (χ2v) is 7.33. The minimum Gasteiger partial charge on any atom is -0.439 e. The van der Waals surface area contributed by atoms with E-state index >= 15 is 0 Å². The highest BCUT2D eigenvalue weighted by Gasteiger charge is 2.39. The third-order valence-electron chi connectivity index (χ3n) is 5.85. The Kier molecular flexibility index (Phi) is 3.29. The van der Waals surface area contributed by atoms with Gasteiger partial charge in [-0.3, -0.25) is 0 Å². The van der Waals surface area contributed by atoms with Crippen molar-refractivity contribution in [3.8, 4) is 11.6 Å². The highest BCUT2D eigenvalue weighted by molar-refractivity contribution is 5.83. The number of fused-ring (bicyclic) bond motifs is 3. The maximum atomic E-state index is 5.85. The van der Waals surface area contributed by atoms with Crippen LogP contribution in [0.15, 0.2) is 60.8 Å². The molecule has 3 atom stereocenters. The number of aromatic nitrogens is 1. The van der Waals surface area contributed by atoms with Gasteiger partial charge in [-0.15, -0.1) is 0 Å². The molecule has 2 aliphatic rings. The monoisotopic (exact) mass is 315 g/mol. The number of ether oxygens (including phenoxy) is 1. The second kappa shape index (κ2) is 5.62. The molecule has 0 spiro atoms. The number of nitrogens with zero attached hydrogens (tertiary/aromatic N) is 1. The summed E-state index contributed by atoms with van der Waals surface area (Å²) in [5.41, 5.74) is 1.51. The molecule has 3 unspecified atom stereocenters. The predicted molar refractivity (Wildman–Crippen MR) is 96.4 cm³/mol. The Morgan fingerprint density at radius 1 is 0.875 bits per heavy atom. The van der Waals surface area contributed by atoms with Crippen molar-refractivity contribution in [3.05, 3.63) is 66.4 Å². The average molecular weight is 315 g/mol. The van der Waals surface area contributed by atoms with Crippen molar-refractivity contribution in [2.75, 3.05) is 0 Å². The molecule has 0 N–H and O–H groups in total. The van der Waals surface area contributed by atoms with E-state index in [2.05, 4.69) is 23.2 Å². The molecule has 0 amide bonds. The molecule has 2 fully saturated rings. The first-order valence-electron chi connectivity index (χ1n) is 8.98. The van der Waals surface area contributed by atoms with Crippen LogP contribution in [0.4, 0.5) is 0 Å². The van der Waals surface area contributed by atoms with Gasteiger partial charge in [0.25, 0.3) is 0 Å². The fourth-order valence-corrected chi connectivity index (χ4v) is 4.69. The molecule has 2 heteroatoms. The molecule has 120 valence electrons. The molecule has 2 saturated carbocycles. The van der Waals surface area contributed by atoms with Gasteiger partial charge in [0, 0.05) is 17.6 Å². The van der Waals surface area contributed by atoms with Gasteiger partial charge in [-0.05, 0) is 66.2 Å². The number of hydrogen-bond acceptors (Lipinski definition) is 2. The molecular formula is C22H21NO. The van der Waals surface area contributed by atoms with E-state index in [1.54, 1.807) is 0 Å². The highest BCUT2D eigenvalue weighted by atomic mass is 16.5. The van der Waals surface area contributed by atoms with Crippen LogP contribution in [0.1, 0.15) is 37.2 Å². The second-order valence-electron chi connectivity index (χ2n) is 7.33. The van der Waals surface area contributed by atoms with Gasteiger partial charge >= 0.3 is 0 Å². The number of benzene rings is 2. The molecule has 1 aromatic heterocycles. The lowest BCUT2D eigenvalue weighted by atomic mass is 9.83. The summed E-state index contributed by atoms with van der Waals surface area (Å²) in [5.74, 6) is 4.15. The third kappa shape index (κ3) is 2.47. The Labute approximate surface area is 142 Å². The van der Waals surface area contributed by atoms with Crippen molar-refractivity contribution in [2.45, 2.75) is 31.6 Å². The van der Waals surface area contributed by atoms with Crippen LogP contribution in [0, 0.1) is 11.8 Å². The Balaban J connectivity index is 1.43. The molecule has 1 heterocycles. The maximum absolute atomic E-state index is 5.85. The van der Waals surface area contributed by atoms with Crippen LogP contribution in [-0.4, -0.2) is 4.98 Å². The van der Waals surface area contributed by atoms with E-state index in [4.69, 9.17) is 4.74 Å². The molecule has 2 aliphatic carbocycles. The summed E-state index contributed by atoms with van der Waals surface area (Å²) < 4.78 is 5.85. The van der Waals surface area contributed by atoms with Gasteiger partial charge in [0.15, 0.2) is 0 Å². The van der Waals surface area contributed by atoms with E-state index in [0.29, 0.717) is 5.88 Å². The molecule has 2 nitrogen and oxygen atoms in total. The zero-order chi connectivity index (χ0) is 15.9. The van der Waals surface area contributed by atoms with Crippen LogP contribution >= 0.6 is 0 Å². The van der Waals surface area contributed by atoms with Crippen molar-refractivity contribution in [1.82, 2.24) is 4.98 Å². The number of pyridine rings is 1. The van der Waals surface area contributed by atoms with Gasteiger partial charge in [0.1, 0.15) is 5.75 Å². The molecule has 2 bridgehead atoms. The Morgan fingerprint density at radius 3 is 2.58 bits per heavy atom. The van der Waals surface area contributed by atoms with Gasteiger partial charge in [-0.25, -0.2) is 4.98 Å². The molecule has 0 saturated heterocycles. The van der Waals surface area contributed by atoms with Crippen LogP contribution in [0.3, 0.4) is 0 Å². The lowest BCUT2D eigenvalue weighted by molar-refractivity contribution is 0.420. The first-order chi connectivity index (χ1) is 11.8. The van der Waals surface area contributed by atoms with Gasteiger partial charge in [0.2, 0.25) is 5.88 Å². The zero-order valence-corrected chi connectivity index (χ0v) is 13.7. The lowest BCUT2D eigenvalue weighted by Gasteiger charge is -2.22. The zero-order valence-electron chi connectivity index (χ0n) is 13.7. The maximum Gasteiger partial charge on any atom is 0.219 e. The van der Waals surface area contributed by atoms with Crippen LogP contribution in [0.5, 0.6) is 11.6 Å². The van der Waals surface area contributed by atoms with Crippen molar-refractivity contribution < 1.29 is 4.74 Å². The Morgan fingerprint density at radius 2 is 1.79 bits per heavy atom. The van der Waals surface area contributed by atoms with Crippen LogP contribution in [0.25, 0.3) is 10.8 Å². The predicted octanol–water partition coefficient (Wildman–Crippen LogP) is 5.93. The Hall–Kier alpha value is -2.35. The number of para-hydroxylation sites is 1. The molecule has 5 rings (SSSR count). The first kappa shape index (κ1) is 14.0. The minimum absolute atomic E-state index is 0.654. The quantitative estimate of drug-likeness (QED) is 0.597. The SMILES string of the molecule is c1ccc(Oc2cc3ccc(C4CC5CCC4C5)cc3cn2)cc1. The van der Waals surface area contributed by atoms with E-state index in [1.807, 2.05) is 42.6 Å². The largest absolute Gasteiger partial charge is 0.439 e. The highest BCUT2D eigenvalue weighted by Crippen LogP contribution is 2.53. The standard InChI is InChI=1S/C22H21NO/c1-2-4-20(5-3-1)24-22-13-16-8-9-18(12-19(16)14-23-22)21-11-15-6-7-17(21)10-15/h1-5,8-9,12-15,17,21H,6-7,10-11H2. The molecular weight excluding hydrogens is 294 g/mol.